The maximum atomic E-state index is 12.9. The number of carbonyl (C=O) groups excluding carboxylic acids is 2. The molecule has 2 heterocycles. The molecule has 1 N–H and O–H groups in total. The summed E-state index contributed by atoms with van der Waals surface area (Å²) in [4.78, 5) is 31.1. The number of anilines is 2. The molecule has 0 unspecified atom stereocenters. The molecule has 0 atom stereocenters. The summed E-state index contributed by atoms with van der Waals surface area (Å²) >= 11 is 0. The van der Waals surface area contributed by atoms with Gasteiger partial charge in [0, 0.05) is 36.7 Å². The van der Waals surface area contributed by atoms with E-state index in [0.717, 1.165) is 35.3 Å². The third kappa shape index (κ3) is 4.57. The van der Waals surface area contributed by atoms with Crippen LogP contribution in [0, 0.1) is 6.92 Å². The zero-order valence-corrected chi connectivity index (χ0v) is 17.1. The lowest BCUT2D eigenvalue weighted by molar-refractivity contribution is -0.116. The molecule has 2 amide bonds. The predicted molar refractivity (Wildman–Crippen MR) is 119 cm³/mol. The van der Waals surface area contributed by atoms with Gasteiger partial charge in [0.05, 0.1) is 5.56 Å². The number of nitrogens with zero attached hydrogens (tertiary/aromatic N) is 2. The van der Waals surface area contributed by atoms with Gasteiger partial charge in [0.2, 0.25) is 5.91 Å². The third-order valence-electron chi connectivity index (χ3n) is 5.40. The molecular weight excluding hydrogens is 374 g/mol. The van der Waals surface area contributed by atoms with Crippen LogP contribution in [0.4, 0.5) is 11.4 Å². The first-order valence-corrected chi connectivity index (χ1v) is 10.3. The molecule has 1 aliphatic heterocycles. The van der Waals surface area contributed by atoms with E-state index in [0.29, 0.717) is 24.9 Å². The minimum absolute atomic E-state index is 0.00498. The summed E-state index contributed by atoms with van der Waals surface area (Å²) in [5, 5.41) is 3.00. The fraction of sp³-hybridized carbons (Fsp3) is 0.240. The topological polar surface area (TPSA) is 62.3 Å². The Morgan fingerprint density at radius 3 is 2.70 bits per heavy atom. The second-order valence-electron chi connectivity index (χ2n) is 7.68. The number of carbonyl (C=O) groups is 2. The number of hydrogen-bond acceptors (Lipinski definition) is 3. The molecular formula is C25H25N3O2. The van der Waals surface area contributed by atoms with Gasteiger partial charge in [-0.05, 0) is 67.6 Å². The van der Waals surface area contributed by atoms with E-state index in [-0.39, 0.29) is 11.8 Å². The number of benzene rings is 2. The maximum Gasteiger partial charge on any atom is 0.259 e. The predicted octanol–water partition coefficient (Wildman–Crippen LogP) is 4.55. The Bertz CT molecular complexity index is 1050. The van der Waals surface area contributed by atoms with Gasteiger partial charge in [-0.25, -0.2) is 0 Å². The van der Waals surface area contributed by atoms with Crippen LogP contribution < -0.4 is 10.2 Å². The summed E-state index contributed by atoms with van der Waals surface area (Å²) in [6, 6.07) is 17.6. The van der Waals surface area contributed by atoms with Crippen molar-refractivity contribution >= 4 is 23.2 Å². The Kier molecular flexibility index (Phi) is 5.89. The summed E-state index contributed by atoms with van der Waals surface area (Å²) in [6.45, 7) is 2.74. The third-order valence-corrected chi connectivity index (χ3v) is 5.40. The number of pyridine rings is 1. The normalized spacial score (nSPS) is 12.9. The molecule has 1 aromatic heterocycles. The largest absolute Gasteiger partial charge is 0.326 e. The standard InChI is InChI=1S/C25H25N3O2/c1-18-6-8-19(9-7-18)10-13-24(29)27-22-11-12-23-20(16-22)5-3-15-28(23)25(30)21-4-2-14-26-17-21/h2,4,6-9,11-12,14,16-17H,3,5,10,13,15H2,1H3,(H,27,29). The zero-order chi connectivity index (χ0) is 20.9. The van der Waals surface area contributed by atoms with Crippen LogP contribution in [0.2, 0.25) is 0 Å². The van der Waals surface area contributed by atoms with Gasteiger partial charge in [-0.15, -0.1) is 0 Å². The van der Waals surface area contributed by atoms with Crippen LogP contribution in [0.15, 0.2) is 67.0 Å². The molecule has 0 bridgehead atoms. The lowest BCUT2D eigenvalue weighted by Crippen LogP contribution is -2.35. The number of fused-ring (bicyclic) bond motifs is 1. The summed E-state index contributed by atoms with van der Waals surface area (Å²) < 4.78 is 0. The van der Waals surface area contributed by atoms with Crippen LogP contribution in [0.3, 0.4) is 0 Å². The molecule has 0 saturated carbocycles. The Labute approximate surface area is 176 Å². The maximum absolute atomic E-state index is 12.9. The van der Waals surface area contributed by atoms with Crippen molar-refractivity contribution in [1.29, 1.82) is 0 Å². The Hall–Kier alpha value is -3.47. The molecule has 0 radical (unpaired) electrons. The van der Waals surface area contributed by atoms with Crippen LogP contribution in [0.5, 0.6) is 0 Å². The van der Waals surface area contributed by atoms with E-state index in [1.165, 1.54) is 5.56 Å². The average molecular weight is 399 g/mol. The monoisotopic (exact) mass is 399 g/mol. The molecule has 1 aliphatic rings. The number of amides is 2. The Morgan fingerprint density at radius 1 is 1.10 bits per heavy atom. The van der Waals surface area contributed by atoms with Crippen molar-refractivity contribution in [1.82, 2.24) is 4.98 Å². The highest BCUT2D eigenvalue weighted by Gasteiger charge is 2.24. The van der Waals surface area contributed by atoms with Gasteiger partial charge in [0.1, 0.15) is 0 Å². The quantitative estimate of drug-likeness (QED) is 0.684. The first kappa shape index (κ1) is 19.8. The molecule has 0 aliphatic carbocycles. The second-order valence-corrected chi connectivity index (χ2v) is 7.68. The molecule has 30 heavy (non-hydrogen) atoms. The van der Waals surface area contributed by atoms with Gasteiger partial charge >= 0.3 is 0 Å². The van der Waals surface area contributed by atoms with Crippen molar-refractivity contribution in [2.24, 2.45) is 0 Å². The molecule has 0 spiro atoms. The number of nitrogens with one attached hydrogen (secondary N) is 1. The van der Waals surface area contributed by atoms with Crippen molar-refractivity contribution < 1.29 is 9.59 Å². The molecule has 152 valence electrons. The molecule has 5 nitrogen and oxygen atoms in total. The van der Waals surface area contributed by atoms with Crippen LogP contribution in [-0.2, 0) is 17.6 Å². The van der Waals surface area contributed by atoms with Crippen LogP contribution in [0.25, 0.3) is 0 Å². The first-order chi connectivity index (χ1) is 14.6. The van der Waals surface area contributed by atoms with E-state index in [1.54, 1.807) is 29.4 Å². The number of aryl methyl sites for hydroxylation is 3. The van der Waals surface area contributed by atoms with Gasteiger partial charge in [0.25, 0.3) is 5.91 Å². The van der Waals surface area contributed by atoms with Crippen molar-refractivity contribution in [2.45, 2.75) is 32.6 Å². The fourth-order valence-corrected chi connectivity index (χ4v) is 3.77. The summed E-state index contributed by atoms with van der Waals surface area (Å²) in [5.41, 5.74) is 5.72. The fourth-order valence-electron chi connectivity index (χ4n) is 3.77. The summed E-state index contributed by atoms with van der Waals surface area (Å²) in [6.07, 6.45) is 6.19. The highest BCUT2D eigenvalue weighted by atomic mass is 16.2. The molecule has 3 aromatic rings. The van der Waals surface area contributed by atoms with Crippen molar-refractivity contribution in [2.75, 3.05) is 16.8 Å². The van der Waals surface area contributed by atoms with Crippen molar-refractivity contribution in [3.05, 3.63) is 89.2 Å². The molecule has 5 heteroatoms. The summed E-state index contributed by atoms with van der Waals surface area (Å²) in [7, 11) is 0. The SMILES string of the molecule is Cc1ccc(CCC(=O)Nc2ccc3c(c2)CCCN3C(=O)c2cccnc2)cc1. The van der Waals surface area contributed by atoms with Gasteiger partial charge in [-0.1, -0.05) is 29.8 Å². The van der Waals surface area contributed by atoms with E-state index >= 15 is 0 Å². The minimum atomic E-state index is -0.0427. The van der Waals surface area contributed by atoms with Gasteiger partial charge in [-0.3, -0.25) is 14.6 Å². The van der Waals surface area contributed by atoms with Gasteiger partial charge < -0.3 is 10.2 Å². The average Bonchev–Trinajstić information content (AvgIpc) is 2.78. The highest BCUT2D eigenvalue weighted by Crippen LogP contribution is 2.31. The lowest BCUT2D eigenvalue weighted by Gasteiger charge is -2.30. The van der Waals surface area contributed by atoms with Gasteiger partial charge in [0.15, 0.2) is 0 Å². The van der Waals surface area contributed by atoms with E-state index in [2.05, 4.69) is 41.5 Å². The molecule has 0 fully saturated rings. The van der Waals surface area contributed by atoms with Gasteiger partial charge in [-0.2, -0.15) is 0 Å². The zero-order valence-electron chi connectivity index (χ0n) is 17.1. The molecule has 4 rings (SSSR count). The van der Waals surface area contributed by atoms with E-state index in [4.69, 9.17) is 0 Å². The molecule has 0 saturated heterocycles. The van der Waals surface area contributed by atoms with E-state index in [1.807, 2.05) is 18.2 Å². The highest BCUT2D eigenvalue weighted by molar-refractivity contribution is 6.06. The Balaban J connectivity index is 1.42. The molecule has 2 aromatic carbocycles. The second kappa shape index (κ2) is 8.91. The minimum Gasteiger partial charge on any atom is -0.326 e. The summed E-state index contributed by atoms with van der Waals surface area (Å²) in [5.74, 6) is -0.0476. The number of aromatic nitrogens is 1. The lowest BCUT2D eigenvalue weighted by atomic mass is 10.00. The van der Waals surface area contributed by atoms with E-state index in [9.17, 15) is 9.59 Å². The van der Waals surface area contributed by atoms with Crippen molar-refractivity contribution in [3.63, 3.8) is 0 Å². The van der Waals surface area contributed by atoms with Crippen LogP contribution >= 0.6 is 0 Å². The van der Waals surface area contributed by atoms with Crippen LogP contribution in [-0.4, -0.2) is 23.3 Å². The first-order valence-electron chi connectivity index (χ1n) is 10.3. The van der Waals surface area contributed by atoms with Crippen LogP contribution in [0.1, 0.15) is 39.9 Å². The number of hydrogen-bond donors (Lipinski definition) is 1. The smallest absolute Gasteiger partial charge is 0.259 e. The Morgan fingerprint density at radius 2 is 1.93 bits per heavy atom. The van der Waals surface area contributed by atoms with Crippen molar-refractivity contribution in [3.8, 4) is 0 Å². The number of rotatable bonds is 5. The van der Waals surface area contributed by atoms with E-state index < -0.39 is 0 Å².